The fourth-order valence-corrected chi connectivity index (χ4v) is 2.41. The van der Waals surface area contributed by atoms with Crippen molar-refractivity contribution in [3.8, 4) is 5.75 Å². The first-order valence-electron chi connectivity index (χ1n) is 7.28. The number of aromatic nitrogens is 1. The van der Waals surface area contributed by atoms with E-state index in [9.17, 15) is 9.59 Å². The van der Waals surface area contributed by atoms with Gasteiger partial charge in [-0.1, -0.05) is 11.2 Å². The van der Waals surface area contributed by atoms with Crippen LogP contribution in [0.25, 0.3) is 0 Å². The number of hydrogen-bond acceptors (Lipinski definition) is 5. The van der Waals surface area contributed by atoms with E-state index < -0.39 is 0 Å². The molecule has 0 unspecified atom stereocenters. The first-order chi connectivity index (χ1) is 11.0. The smallest absolute Gasteiger partial charge is 0.230 e. The van der Waals surface area contributed by atoms with Crippen LogP contribution in [0.1, 0.15) is 17.7 Å². The maximum atomic E-state index is 12.1. The minimum atomic E-state index is -0.207. The summed E-state index contributed by atoms with van der Waals surface area (Å²) in [6.07, 6.45) is 0.508. The van der Waals surface area contributed by atoms with Crippen molar-refractivity contribution >= 4 is 23.3 Å². The summed E-state index contributed by atoms with van der Waals surface area (Å²) in [6.45, 7) is 2.11. The van der Waals surface area contributed by atoms with Crippen LogP contribution in [-0.4, -0.2) is 30.6 Å². The molecule has 1 aromatic heterocycles. The van der Waals surface area contributed by atoms with Gasteiger partial charge in [0.1, 0.15) is 11.5 Å². The van der Waals surface area contributed by atoms with Gasteiger partial charge in [0, 0.05) is 13.1 Å². The summed E-state index contributed by atoms with van der Waals surface area (Å²) < 4.78 is 10.5. The van der Waals surface area contributed by atoms with Crippen molar-refractivity contribution in [2.24, 2.45) is 0 Å². The van der Waals surface area contributed by atoms with Gasteiger partial charge in [-0.15, -0.1) is 0 Å². The molecule has 3 rings (SSSR count). The normalized spacial score (nSPS) is 14.0. The van der Waals surface area contributed by atoms with Crippen molar-refractivity contribution in [2.45, 2.75) is 19.8 Å². The second-order valence-electron chi connectivity index (χ2n) is 5.40. The number of nitrogens with zero attached hydrogens (tertiary/aromatic N) is 2. The molecular formula is C16H17N3O4. The molecule has 1 aliphatic rings. The number of amides is 2. The quantitative estimate of drug-likeness (QED) is 0.935. The molecular weight excluding hydrogens is 298 g/mol. The van der Waals surface area contributed by atoms with E-state index in [1.165, 1.54) is 0 Å². The Kier molecular flexibility index (Phi) is 4.01. The third-order valence-corrected chi connectivity index (χ3v) is 3.59. The second kappa shape index (κ2) is 6.12. The van der Waals surface area contributed by atoms with Crippen molar-refractivity contribution in [3.05, 3.63) is 35.6 Å². The van der Waals surface area contributed by atoms with Gasteiger partial charge in [0.15, 0.2) is 5.82 Å². The van der Waals surface area contributed by atoms with E-state index in [-0.39, 0.29) is 18.2 Å². The number of carbonyl (C=O) groups is 2. The lowest BCUT2D eigenvalue weighted by molar-refractivity contribution is -0.118. The Morgan fingerprint density at radius 1 is 1.39 bits per heavy atom. The summed E-state index contributed by atoms with van der Waals surface area (Å²) in [4.78, 5) is 25.5. The van der Waals surface area contributed by atoms with Gasteiger partial charge in [-0.05, 0) is 24.6 Å². The molecule has 1 aliphatic heterocycles. The Labute approximate surface area is 133 Å². The second-order valence-corrected chi connectivity index (χ2v) is 5.40. The highest BCUT2D eigenvalue weighted by Gasteiger charge is 2.20. The van der Waals surface area contributed by atoms with Crippen molar-refractivity contribution in [1.82, 2.24) is 5.16 Å². The lowest BCUT2D eigenvalue weighted by Crippen LogP contribution is -2.25. The van der Waals surface area contributed by atoms with Crippen LogP contribution in [-0.2, 0) is 16.0 Å². The molecule has 2 heterocycles. The van der Waals surface area contributed by atoms with Crippen LogP contribution >= 0.6 is 0 Å². The van der Waals surface area contributed by atoms with Crippen molar-refractivity contribution < 1.29 is 18.8 Å². The zero-order chi connectivity index (χ0) is 16.4. The first-order valence-corrected chi connectivity index (χ1v) is 7.28. The summed E-state index contributed by atoms with van der Waals surface area (Å²) in [5.74, 6) is 1.44. The van der Waals surface area contributed by atoms with Crippen molar-refractivity contribution in [2.75, 3.05) is 23.9 Å². The molecule has 23 heavy (non-hydrogen) atoms. The average molecular weight is 315 g/mol. The van der Waals surface area contributed by atoms with Crippen LogP contribution in [0, 0.1) is 6.92 Å². The third-order valence-electron chi connectivity index (χ3n) is 3.59. The van der Waals surface area contributed by atoms with Gasteiger partial charge in [0.2, 0.25) is 11.8 Å². The van der Waals surface area contributed by atoms with E-state index >= 15 is 0 Å². The van der Waals surface area contributed by atoms with E-state index in [2.05, 4.69) is 10.5 Å². The number of ether oxygens (including phenoxy) is 1. The highest BCUT2D eigenvalue weighted by atomic mass is 16.5. The minimum Gasteiger partial charge on any atom is -0.491 e. The standard InChI is InChI=1S/C16H17N3O4/c1-10-7-14(18-23-10)17-15(20)9-11-3-4-13-12(8-11)19(2)16(21)5-6-22-13/h3-4,7-8H,5-6,9H2,1-2H3,(H,17,18,20). The largest absolute Gasteiger partial charge is 0.491 e. The summed E-state index contributed by atoms with van der Waals surface area (Å²) in [5, 5.41) is 6.39. The van der Waals surface area contributed by atoms with Gasteiger partial charge in [0.25, 0.3) is 0 Å². The average Bonchev–Trinajstić information content (AvgIpc) is 2.86. The highest BCUT2D eigenvalue weighted by molar-refractivity contribution is 5.96. The molecule has 0 fully saturated rings. The molecule has 0 bridgehead atoms. The zero-order valence-electron chi connectivity index (χ0n) is 13.0. The number of aryl methyl sites for hydroxylation is 1. The van der Waals surface area contributed by atoms with Gasteiger partial charge in [-0.3, -0.25) is 9.59 Å². The number of fused-ring (bicyclic) bond motifs is 1. The molecule has 7 heteroatoms. The third kappa shape index (κ3) is 3.33. The molecule has 0 atom stereocenters. The monoisotopic (exact) mass is 315 g/mol. The summed E-state index contributed by atoms with van der Waals surface area (Å²) in [6, 6.07) is 7.05. The Balaban J connectivity index is 1.75. The predicted octanol–water partition coefficient (Wildman–Crippen LogP) is 1.91. The molecule has 0 saturated carbocycles. The van der Waals surface area contributed by atoms with Crippen LogP contribution in [0.2, 0.25) is 0 Å². The van der Waals surface area contributed by atoms with Gasteiger partial charge >= 0.3 is 0 Å². The Hall–Kier alpha value is -2.83. The number of hydrogen-bond donors (Lipinski definition) is 1. The number of carbonyl (C=O) groups excluding carboxylic acids is 2. The number of nitrogens with one attached hydrogen (secondary N) is 1. The van der Waals surface area contributed by atoms with Crippen LogP contribution in [0.5, 0.6) is 5.75 Å². The maximum Gasteiger partial charge on any atom is 0.230 e. The van der Waals surface area contributed by atoms with Crippen LogP contribution in [0.15, 0.2) is 28.8 Å². The zero-order valence-corrected chi connectivity index (χ0v) is 13.0. The molecule has 7 nitrogen and oxygen atoms in total. The van der Waals surface area contributed by atoms with E-state index in [0.717, 1.165) is 5.56 Å². The SMILES string of the molecule is Cc1cc(NC(=O)Cc2ccc3c(c2)N(C)C(=O)CCO3)no1. The lowest BCUT2D eigenvalue weighted by atomic mass is 10.1. The number of benzene rings is 1. The van der Waals surface area contributed by atoms with Gasteiger partial charge in [-0.2, -0.15) is 0 Å². The number of anilines is 2. The van der Waals surface area contributed by atoms with Gasteiger partial charge in [0.05, 0.1) is 25.1 Å². The minimum absolute atomic E-state index is 0.0107. The van der Waals surface area contributed by atoms with E-state index in [1.54, 1.807) is 37.1 Å². The summed E-state index contributed by atoms with van der Waals surface area (Å²) >= 11 is 0. The van der Waals surface area contributed by atoms with Crippen molar-refractivity contribution in [3.63, 3.8) is 0 Å². The fourth-order valence-electron chi connectivity index (χ4n) is 2.41. The Morgan fingerprint density at radius 3 is 2.96 bits per heavy atom. The van der Waals surface area contributed by atoms with E-state index in [4.69, 9.17) is 9.26 Å². The summed E-state index contributed by atoms with van der Waals surface area (Å²) in [7, 11) is 1.71. The van der Waals surface area contributed by atoms with Crippen LogP contribution in [0.4, 0.5) is 11.5 Å². The van der Waals surface area contributed by atoms with E-state index in [1.807, 2.05) is 6.07 Å². The maximum absolute atomic E-state index is 12.1. The Bertz CT molecular complexity index is 754. The van der Waals surface area contributed by atoms with Gasteiger partial charge < -0.3 is 19.5 Å². The lowest BCUT2D eigenvalue weighted by Gasteiger charge is -2.17. The molecule has 0 spiro atoms. The van der Waals surface area contributed by atoms with Crippen LogP contribution in [0.3, 0.4) is 0 Å². The molecule has 1 N–H and O–H groups in total. The topological polar surface area (TPSA) is 84.7 Å². The summed E-state index contributed by atoms with van der Waals surface area (Å²) in [5.41, 5.74) is 1.46. The number of rotatable bonds is 3. The Morgan fingerprint density at radius 2 is 2.22 bits per heavy atom. The van der Waals surface area contributed by atoms with Crippen LogP contribution < -0.4 is 15.0 Å². The van der Waals surface area contributed by atoms with Gasteiger partial charge in [-0.25, -0.2) is 0 Å². The molecule has 120 valence electrons. The predicted molar refractivity (Wildman–Crippen MR) is 83.5 cm³/mol. The van der Waals surface area contributed by atoms with Crippen molar-refractivity contribution in [1.29, 1.82) is 0 Å². The van der Waals surface area contributed by atoms with E-state index in [0.29, 0.717) is 36.0 Å². The fraction of sp³-hybridized carbons (Fsp3) is 0.312. The molecule has 2 amide bonds. The highest BCUT2D eigenvalue weighted by Crippen LogP contribution is 2.31. The molecule has 0 saturated heterocycles. The molecule has 2 aromatic rings. The first kappa shape index (κ1) is 15.1. The molecule has 0 aliphatic carbocycles. The molecule has 1 aromatic carbocycles. The molecule has 0 radical (unpaired) electrons.